The molecule has 2 aromatic rings. The van der Waals surface area contributed by atoms with E-state index in [0.29, 0.717) is 23.4 Å². The molecule has 0 saturated carbocycles. The maximum absolute atomic E-state index is 12.2. The predicted octanol–water partition coefficient (Wildman–Crippen LogP) is 2.58. The van der Waals surface area contributed by atoms with E-state index in [1.807, 2.05) is 24.3 Å². The topological polar surface area (TPSA) is 58.6 Å². The van der Waals surface area contributed by atoms with Gasteiger partial charge in [0.05, 0.1) is 13.2 Å². The van der Waals surface area contributed by atoms with Crippen LogP contribution in [0.4, 0.5) is 5.69 Å². The highest BCUT2D eigenvalue weighted by atomic mass is 16.5. The lowest BCUT2D eigenvalue weighted by molar-refractivity contribution is 0.102. The number of para-hydroxylation sites is 1. The second-order valence-electron chi connectivity index (χ2n) is 4.40. The summed E-state index contributed by atoms with van der Waals surface area (Å²) in [5.74, 6) is -0.205. The van der Waals surface area contributed by atoms with E-state index in [1.165, 1.54) is 0 Å². The van der Waals surface area contributed by atoms with Crippen LogP contribution < -0.4 is 5.32 Å². The molecule has 2 N–H and O–H groups in total. The molecule has 2 rings (SSSR count). The van der Waals surface area contributed by atoms with Crippen molar-refractivity contribution in [3.63, 3.8) is 0 Å². The van der Waals surface area contributed by atoms with Gasteiger partial charge in [-0.25, -0.2) is 0 Å². The third kappa shape index (κ3) is 3.44. The molecular weight excluding hydrogens is 254 g/mol. The lowest BCUT2D eigenvalue weighted by Crippen LogP contribution is -2.13. The number of ether oxygens (including phenoxy) is 1. The summed E-state index contributed by atoms with van der Waals surface area (Å²) in [5.41, 5.74) is 2.81. The average Bonchev–Trinajstić information content (AvgIpc) is 2.48. The summed E-state index contributed by atoms with van der Waals surface area (Å²) < 4.78 is 5.05. The summed E-state index contributed by atoms with van der Waals surface area (Å²) in [4.78, 5) is 12.2. The van der Waals surface area contributed by atoms with Crippen molar-refractivity contribution in [3.8, 4) is 0 Å². The third-order valence-electron chi connectivity index (χ3n) is 2.94. The smallest absolute Gasteiger partial charge is 0.255 e. The number of aliphatic hydroxyl groups excluding tert-OH is 1. The molecule has 0 aliphatic rings. The van der Waals surface area contributed by atoms with Crippen LogP contribution in [0.2, 0.25) is 0 Å². The van der Waals surface area contributed by atoms with Crippen molar-refractivity contribution in [3.05, 3.63) is 65.2 Å². The van der Waals surface area contributed by atoms with Crippen molar-refractivity contribution < 1.29 is 14.6 Å². The van der Waals surface area contributed by atoms with Crippen molar-refractivity contribution >= 4 is 11.6 Å². The number of carbonyl (C=O) groups is 1. The molecule has 4 nitrogen and oxygen atoms in total. The normalized spacial score (nSPS) is 10.3. The minimum Gasteiger partial charge on any atom is -0.392 e. The summed E-state index contributed by atoms with van der Waals surface area (Å²) in [5, 5.41) is 12.1. The van der Waals surface area contributed by atoms with Gasteiger partial charge in [-0.2, -0.15) is 0 Å². The molecule has 0 aromatic heterocycles. The molecule has 20 heavy (non-hydrogen) atoms. The second kappa shape index (κ2) is 6.84. The molecule has 0 fully saturated rings. The average molecular weight is 271 g/mol. The first-order valence-corrected chi connectivity index (χ1v) is 6.32. The number of methoxy groups -OCH3 is 1. The Kier molecular flexibility index (Phi) is 4.87. The van der Waals surface area contributed by atoms with Crippen LogP contribution in [0.25, 0.3) is 0 Å². The van der Waals surface area contributed by atoms with E-state index in [1.54, 1.807) is 31.4 Å². The van der Waals surface area contributed by atoms with Gasteiger partial charge in [0, 0.05) is 23.9 Å². The highest BCUT2D eigenvalue weighted by molar-refractivity contribution is 6.04. The van der Waals surface area contributed by atoms with Gasteiger partial charge in [-0.1, -0.05) is 30.3 Å². The molecule has 0 saturated heterocycles. The molecule has 0 spiro atoms. The lowest BCUT2D eigenvalue weighted by atomic mass is 10.1. The molecular formula is C16H17NO3. The Morgan fingerprint density at radius 3 is 2.75 bits per heavy atom. The number of hydrogen-bond acceptors (Lipinski definition) is 3. The van der Waals surface area contributed by atoms with E-state index in [4.69, 9.17) is 4.74 Å². The van der Waals surface area contributed by atoms with Crippen molar-refractivity contribution in [2.24, 2.45) is 0 Å². The highest BCUT2D eigenvalue weighted by Crippen LogP contribution is 2.16. The van der Waals surface area contributed by atoms with Crippen molar-refractivity contribution in [2.45, 2.75) is 13.2 Å². The number of nitrogens with one attached hydrogen (secondary N) is 1. The molecule has 0 atom stereocenters. The molecule has 2 aromatic carbocycles. The molecule has 0 heterocycles. The van der Waals surface area contributed by atoms with Gasteiger partial charge in [-0.15, -0.1) is 0 Å². The minimum absolute atomic E-state index is 0.111. The number of carbonyl (C=O) groups excluding carboxylic acids is 1. The Hall–Kier alpha value is -2.17. The van der Waals surface area contributed by atoms with Gasteiger partial charge in [-0.3, -0.25) is 4.79 Å². The van der Waals surface area contributed by atoms with Gasteiger partial charge >= 0.3 is 0 Å². The fourth-order valence-corrected chi connectivity index (χ4v) is 1.94. The van der Waals surface area contributed by atoms with Gasteiger partial charge in [0.15, 0.2) is 0 Å². The fourth-order valence-electron chi connectivity index (χ4n) is 1.94. The van der Waals surface area contributed by atoms with Crippen LogP contribution in [0.3, 0.4) is 0 Å². The molecule has 0 radical (unpaired) electrons. The van der Waals surface area contributed by atoms with Crippen LogP contribution in [0.15, 0.2) is 48.5 Å². The second-order valence-corrected chi connectivity index (χ2v) is 4.40. The first-order chi connectivity index (χ1) is 9.74. The van der Waals surface area contributed by atoms with E-state index in [2.05, 4.69) is 5.32 Å². The summed E-state index contributed by atoms with van der Waals surface area (Å²) in [6, 6.07) is 14.4. The van der Waals surface area contributed by atoms with Crippen molar-refractivity contribution in [1.29, 1.82) is 0 Å². The number of rotatable bonds is 5. The van der Waals surface area contributed by atoms with Crippen LogP contribution in [0, 0.1) is 0 Å². The Labute approximate surface area is 118 Å². The Bertz CT molecular complexity index is 596. The lowest BCUT2D eigenvalue weighted by Gasteiger charge is -2.10. The predicted molar refractivity (Wildman–Crippen MR) is 77.5 cm³/mol. The van der Waals surface area contributed by atoms with Gasteiger partial charge in [0.2, 0.25) is 0 Å². The number of anilines is 1. The molecule has 4 heteroatoms. The molecule has 1 amide bonds. The maximum Gasteiger partial charge on any atom is 0.255 e. The zero-order valence-corrected chi connectivity index (χ0v) is 11.3. The largest absolute Gasteiger partial charge is 0.392 e. The van der Waals surface area contributed by atoms with Gasteiger partial charge in [0.1, 0.15) is 0 Å². The van der Waals surface area contributed by atoms with Crippen molar-refractivity contribution in [1.82, 2.24) is 0 Å². The van der Waals surface area contributed by atoms with E-state index in [0.717, 1.165) is 5.56 Å². The number of benzene rings is 2. The summed E-state index contributed by atoms with van der Waals surface area (Å²) >= 11 is 0. The van der Waals surface area contributed by atoms with E-state index in [-0.39, 0.29) is 12.5 Å². The van der Waals surface area contributed by atoms with Gasteiger partial charge < -0.3 is 15.2 Å². The summed E-state index contributed by atoms with van der Waals surface area (Å²) in [7, 11) is 1.62. The fraction of sp³-hybridized carbons (Fsp3) is 0.188. The molecule has 0 aliphatic carbocycles. The molecule has 0 bridgehead atoms. The van der Waals surface area contributed by atoms with Crippen LogP contribution in [-0.2, 0) is 18.0 Å². The van der Waals surface area contributed by atoms with Crippen molar-refractivity contribution in [2.75, 3.05) is 12.4 Å². The monoisotopic (exact) mass is 271 g/mol. The Morgan fingerprint density at radius 2 is 2.00 bits per heavy atom. The quantitative estimate of drug-likeness (QED) is 0.878. The maximum atomic E-state index is 12.2. The van der Waals surface area contributed by atoms with Gasteiger partial charge in [0.25, 0.3) is 5.91 Å². The van der Waals surface area contributed by atoms with E-state index in [9.17, 15) is 9.90 Å². The summed E-state index contributed by atoms with van der Waals surface area (Å²) in [6.07, 6.45) is 0. The molecule has 0 aliphatic heterocycles. The van der Waals surface area contributed by atoms with E-state index < -0.39 is 0 Å². The first-order valence-electron chi connectivity index (χ1n) is 6.32. The van der Waals surface area contributed by atoms with Crippen LogP contribution >= 0.6 is 0 Å². The number of aliphatic hydroxyl groups is 1. The highest BCUT2D eigenvalue weighted by Gasteiger charge is 2.09. The molecule has 0 unspecified atom stereocenters. The van der Waals surface area contributed by atoms with Crippen LogP contribution in [0.1, 0.15) is 21.5 Å². The number of hydrogen-bond donors (Lipinski definition) is 2. The first kappa shape index (κ1) is 14.2. The number of amides is 1. The Balaban J connectivity index is 2.17. The standard InChI is InChI=1S/C16H17NO3/c1-20-11-12-5-4-7-13(9-12)16(19)17-15-8-3-2-6-14(15)10-18/h2-9,18H,10-11H2,1H3,(H,17,19). The molecule has 104 valence electrons. The minimum atomic E-state index is -0.205. The van der Waals surface area contributed by atoms with Crippen LogP contribution in [-0.4, -0.2) is 18.1 Å². The zero-order chi connectivity index (χ0) is 14.4. The van der Waals surface area contributed by atoms with E-state index >= 15 is 0 Å². The van der Waals surface area contributed by atoms with Crippen LogP contribution in [0.5, 0.6) is 0 Å². The third-order valence-corrected chi connectivity index (χ3v) is 2.94. The Morgan fingerprint density at radius 1 is 1.20 bits per heavy atom. The van der Waals surface area contributed by atoms with Gasteiger partial charge in [-0.05, 0) is 23.8 Å². The SMILES string of the molecule is COCc1cccc(C(=O)Nc2ccccc2CO)c1. The summed E-state index contributed by atoms with van der Waals surface area (Å²) in [6.45, 7) is 0.356. The zero-order valence-electron chi connectivity index (χ0n) is 11.3.